The molecule has 23 heavy (non-hydrogen) atoms. The molecule has 0 aliphatic carbocycles. The molecule has 0 spiro atoms. The Kier molecular flexibility index (Phi) is 5.65. The summed E-state index contributed by atoms with van der Waals surface area (Å²) in [5, 5.41) is 11.7. The zero-order valence-electron chi connectivity index (χ0n) is 14.5. The fourth-order valence-electron chi connectivity index (χ4n) is 2.95. The van der Waals surface area contributed by atoms with Gasteiger partial charge < -0.3 is 14.8 Å². The molecule has 5 heteroatoms. The molecule has 5 nitrogen and oxygen atoms in total. The molecule has 1 amide bonds. The van der Waals surface area contributed by atoms with Gasteiger partial charge in [0, 0.05) is 13.1 Å². The van der Waals surface area contributed by atoms with E-state index in [1.165, 1.54) is 5.06 Å². The minimum absolute atomic E-state index is 0.0291. The number of hydrogen-bond acceptors (Lipinski definition) is 4. The SMILES string of the molecule is C[C@@H]([C@H]1CCCN1C(=O)OC(C)(C)C)N(O)Cc1ccccc1. The molecule has 0 unspecified atom stereocenters. The average Bonchev–Trinajstić information content (AvgIpc) is 2.95. The van der Waals surface area contributed by atoms with Gasteiger partial charge in [0.2, 0.25) is 0 Å². The van der Waals surface area contributed by atoms with Gasteiger partial charge in [-0.15, -0.1) is 0 Å². The lowest BCUT2D eigenvalue weighted by atomic mass is 10.1. The summed E-state index contributed by atoms with van der Waals surface area (Å²) in [5.41, 5.74) is 0.541. The minimum atomic E-state index is -0.504. The lowest BCUT2D eigenvalue weighted by Crippen LogP contribution is -2.49. The molecular weight excluding hydrogens is 292 g/mol. The predicted molar refractivity (Wildman–Crippen MR) is 89.2 cm³/mol. The topological polar surface area (TPSA) is 53.0 Å². The molecule has 1 fully saturated rings. The first kappa shape index (κ1) is 17.8. The van der Waals surface area contributed by atoms with Crippen molar-refractivity contribution in [2.45, 2.75) is 64.8 Å². The highest BCUT2D eigenvalue weighted by atomic mass is 16.6. The van der Waals surface area contributed by atoms with E-state index in [0.29, 0.717) is 13.1 Å². The van der Waals surface area contributed by atoms with Gasteiger partial charge in [0.25, 0.3) is 0 Å². The number of carbonyl (C=O) groups excluding carboxylic acids is 1. The van der Waals surface area contributed by atoms with Crippen molar-refractivity contribution in [2.75, 3.05) is 6.54 Å². The van der Waals surface area contributed by atoms with E-state index < -0.39 is 5.60 Å². The third kappa shape index (κ3) is 4.94. The summed E-state index contributed by atoms with van der Waals surface area (Å²) >= 11 is 0. The number of amides is 1. The standard InChI is InChI=1S/C18H28N2O3/c1-14(20(22)13-15-9-6-5-7-10-15)16-11-8-12-19(16)17(21)23-18(2,3)4/h5-7,9-10,14,16,22H,8,11-13H2,1-4H3/t14-,16+/m0/s1. The minimum Gasteiger partial charge on any atom is -0.444 e. The van der Waals surface area contributed by atoms with Gasteiger partial charge in [-0.1, -0.05) is 30.3 Å². The van der Waals surface area contributed by atoms with Crippen molar-refractivity contribution in [2.24, 2.45) is 0 Å². The Labute approximate surface area is 138 Å². The van der Waals surface area contributed by atoms with Crippen molar-refractivity contribution in [3.05, 3.63) is 35.9 Å². The van der Waals surface area contributed by atoms with Crippen LogP contribution in [0.1, 0.15) is 46.1 Å². The Morgan fingerprint density at radius 3 is 2.65 bits per heavy atom. The molecule has 1 heterocycles. The first-order valence-corrected chi connectivity index (χ1v) is 8.27. The largest absolute Gasteiger partial charge is 0.444 e. The van der Waals surface area contributed by atoms with Gasteiger partial charge >= 0.3 is 6.09 Å². The lowest BCUT2D eigenvalue weighted by Gasteiger charge is -2.34. The Bertz CT molecular complexity index is 513. The fourth-order valence-corrected chi connectivity index (χ4v) is 2.95. The second kappa shape index (κ2) is 7.32. The van der Waals surface area contributed by atoms with E-state index >= 15 is 0 Å². The molecule has 1 aliphatic rings. The summed E-state index contributed by atoms with van der Waals surface area (Å²) in [6.07, 6.45) is 1.53. The third-order valence-electron chi connectivity index (χ3n) is 4.14. The zero-order valence-corrected chi connectivity index (χ0v) is 14.5. The van der Waals surface area contributed by atoms with Crippen LogP contribution in [0.5, 0.6) is 0 Å². The van der Waals surface area contributed by atoms with Crippen LogP contribution in [-0.4, -0.2) is 45.5 Å². The fraction of sp³-hybridized carbons (Fsp3) is 0.611. The summed E-state index contributed by atoms with van der Waals surface area (Å²) < 4.78 is 5.49. The molecule has 0 saturated carbocycles. The first-order valence-electron chi connectivity index (χ1n) is 8.27. The van der Waals surface area contributed by atoms with Crippen LogP contribution in [0.2, 0.25) is 0 Å². The van der Waals surface area contributed by atoms with Crippen LogP contribution < -0.4 is 0 Å². The maximum Gasteiger partial charge on any atom is 0.410 e. The number of benzene rings is 1. The van der Waals surface area contributed by atoms with Crippen molar-refractivity contribution in [1.82, 2.24) is 9.96 Å². The van der Waals surface area contributed by atoms with E-state index in [9.17, 15) is 10.0 Å². The molecule has 1 aromatic carbocycles. The Morgan fingerprint density at radius 2 is 2.04 bits per heavy atom. The van der Waals surface area contributed by atoms with E-state index in [1.54, 1.807) is 4.90 Å². The van der Waals surface area contributed by atoms with Crippen LogP contribution in [0.3, 0.4) is 0 Å². The Hall–Kier alpha value is -1.59. The maximum absolute atomic E-state index is 12.4. The normalized spacial score (nSPS) is 19.9. The molecule has 0 radical (unpaired) electrons. The molecule has 1 aliphatic heterocycles. The van der Waals surface area contributed by atoms with Crippen LogP contribution in [-0.2, 0) is 11.3 Å². The number of carbonyl (C=O) groups is 1. The lowest BCUT2D eigenvalue weighted by molar-refractivity contribution is -0.145. The molecule has 1 saturated heterocycles. The number of likely N-dealkylation sites (tertiary alicyclic amines) is 1. The number of hydrogen-bond donors (Lipinski definition) is 1. The quantitative estimate of drug-likeness (QED) is 0.860. The van der Waals surface area contributed by atoms with Crippen LogP contribution in [0, 0.1) is 0 Å². The molecule has 0 aromatic heterocycles. The summed E-state index contributed by atoms with van der Waals surface area (Å²) in [6.45, 7) is 8.69. The molecule has 1 N–H and O–H groups in total. The second-order valence-corrected chi connectivity index (χ2v) is 7.21. The Balaban J connectivity index is 1.99. The molecule has 128 valence electrons. The van der Waals surface area contributed by atoms with Crippen molar-refractivity contribution in [3.8, 4) is 0 Å². The van der Waals surface area contributed by atoms with Crippen LogP contribution in [0.15, 0.2) is 30.3 Å². The van der Waals surface area contributed by atoms with Crippen LogP contribution in [0.25, 0.3) is 0 Å². The highest BCUT2D eigenvalue weighted by molar-refractivity contribution is 5.69. The van der Waals surface area contributed by atoms with Gasteiger partial charge in [0.05, 0.1) is 12.1 Å². The Morgan fingerprint density at radius 1 is 1.39 bits per heavy atom. The first-order chi connectivity index (χ1) is 10.8. The molecular formula is C18H28N2O3. The van der Waals surface area contributed by atoms with Crippen LogP contribution in [0.4, 0.5) is 4.79 Å². The van der Waals surface area contributed by atoms with Gasteiger partial charge in [-0.05, 0) is 46.1 Å². The second-order valence-electron chi connectivity index (χ2n) is 7.21. The third-order valence-corrected chi connectivity index (χ3v) is 4.14. The van der Waals surface area contributed by atoms with E-state index in [0.717, 1.165) is 18.4 Å². The van der Waals surface area contributed by atoms with Crippen molar-refractivity contribution in [3.63, 3.8) is 0 Å². The van der Waals surface area contributed by atoms with E-state index in [1.807, 2.05) is 58.0 Å². The number of nitrogens with zero attached hydrogens (tertiary/aromatic N) is 2. The summed E-state index contributed by atoms with van der Waals surface area (Å²) in [4.78, 5) is 14.1. The van der Waals surface area contributed by atoms with E-state index in [-0.39, 0.29) is 18.2 Å². The highest BCUT2D eigenvalue weighted by Gasteiger charge is 2.37. The van der Waals surface area contributed by atoms with Gasteiger partial charge in [-0.2, -0.15) is 5.06 Å². The number of hydroxylamine groups is 2. The van der Waals surface area contributed by atoms with Crippen molar-refractivity contribution in [1.29, 1.82) is 0 Å². The monoisotopic (exact) mass is 320 g/mol. The summed E-state index contributed by atoms with van der Waals surface area (Å²) in [6, 6.07) is 9.65. The number of ether oxygens (including phenoxy) is 1. The molecule has 1 aromatic rings. The molecule has 2 rings (SSSR count). The van der Waals surface area contributed by atoms with Gasteiger partial charge in [0.15, 0.2) is 0 Å². The summed E-state index contributed by atoms with van der Waals surface area (Å²) in [7, 11) is 0. The maximum atomic E-state index is 12.4. The molecule has 2 atom stereocenters. The zero-order chi connectivity index (χ0) is 17.0. The van der Waals surface area contributed by atoms with Crippen LogP contribution >= 0.6 is 0 Å². The smallest absolute Gasteiger partial charge is 0.410 e. The van der Waals surface area contributed by atoms with E-state index in [2.05, 4.69) is 0 Å². The average molecular weight is 320 g/mol. The van der Waals surface area contributed by atoms with Gasteiger partial charge in [-0.3, -0.25) is 0 Å². The van der Waals surface area contributed by atoms with Gasteiger partial charge in [0.1, 0.15) is 5.60 Å². The molecule has 0 bridgehead atoms. The number of rotatable bonds is 4. The van der Waals surface area contributed by atoms with Crippen molar-refractivity contribution < 1.29 is 14.7 Å². The van der Waals surface area contributed by atoms with Crippen molar-refractivity contribution >= 4 is 6.09 Å². The highest BCUT2D eigenvalue weighted by Crippen LogP contribution is 2.25. The predicted octanol–water partition coefficient (Wildman–Crippen LogP) is 3.67. The van der Waals surface area contributed by atoms with E-state index in [4.69, 9.17) is 4.74 Å². The van der Waals surface area contributed by atoms with Gasteiger partial charge in [-0.25, -0.2) is 4.79 Å². The summed E-state index contributed by atoms with van der Waals surface area (Å²) in [5.74, 6) is 0.